The average Bonchev–Trinajstić information content (AvgIpc) is 3.33. The number of nitrogens with zero attached hydrogens (tertiary/aromatic N) is 3. The zero-order valence-corrected chi connectivity index (χ0v) is 19.2. The Bertz CT molecular complexity index is 1460. The summed E-state index contributed by atoms with van der Waals surface area (Å²) in [4.78, 5) is 33.8. The van der Waals surface area contributed by atoms with Crippen molar-refractivity contribution in [2.75, 3.05) is 16.8 Å². The van der Waals surface area contributed by atoms with Crippen LogP contribution in [0.2, 0.25) is 0 Å². The first-order chi connectivity index (χ1) is 15.7. The van der Waals surface area contributed by atoms with Crippen LogP contribution < -0.4 is 9.80 Å². The van der Waals surface area contributed by atoms with E-state index in [2.05, 4.69) is 9.97 Å². The number of halogens is 2. The second-order valence-corrected chi connectivity index (χ2v) is 8.73. The first-order valence-corrected chi connectivity index (χ1v) is 10.9. The molecule has 3 aromatic carbocycles. The highest BCUT2D eigenvalue weighted by Gasteiger charge is 2.51. The monoisotopic (exact) mass is 558 g/mol. The number of carbonyl (C=O) groups is 2. The fourth-order valence-electron chi connectivity index (χ4n) is 4.05. The Morgan fingerprint density at radius 2 is 1.94 bits per heavy atom. The number of aromatic amines is 1. The Morgan fingerprint density at radius 3 is 2.70 bits per heavy atom. The maximum Gasteiger partial charge on any atom is 0.413 e. The van der Waals surface area contributed by atoms with Crippen LogP contribution in [-0.2, 0) is 5.72 Å². The van der Waals surface area contributed by atoms with E-state index in [4.69, 9.17) is 0 Å². The van der Waals surface area contributed by atoms with E-state index in [1.165, 1.54) is 13.1 Å². The number of amides is 2. The van der Waals surface area contributed by atoms with E-state index in [1.807, 2.05) is 22.6 Å². The molecule has 1 aliphatic heterocycles. The number of benzene rings is 3. The summed E-state index contributed by atoms with van der Waals surface area (Å²) in [7, 11) is 1.35. The van der Waals surface area contributed by atoms with Gasteiger partial charge in [-0.25, -0.2) is 14.2 Å². The number of imidazole rings is 1. The Morgan fingerprint density at radius 1 is 1.18 bits per heavy atom. The van der Waals surface area contributed by atoms with Crippen molar-refractivity contribution in [1.29, 1.82) is 0 Å². The first-order valence-electron chi connectivity index (χ1n) is 9.81. The molecule has 1 atom stereocenters. The molecule has 1 aromatic heterocycles. The number of hydrogen-bond acceptors (Lipinski definition) is 4. The molecule has 0 fully saturated rings. The molecule has 166 valence electrons. The van der Waals surface area contributed by atoms with Gasteiger partial charge in [0.25, 0.3) is 5.91 Å². The van der Waals surface area contributed by atoms with Gasteiger partial charge in [-0.3, -0.25) is 14.6 Å². The number of hydrogen-bond donors (Lipinski definition) is 3. The summed E-state index contributed by atoms with van der Waals surface area (Å²) in [6, 6.07) is 16.0. The molecule has 0 saturated carbocycles. The van der Waals surface area contributed by atoms with E-state index in [9.17, 15) is 19.8 Å². The molecule has 1 unspecified atom stereocenters. The van der Waals surface area contributed by atoms with E-state index < -0.39 is 23.5 Å². The van der Waals surface area contributed by atoms with Gasteiger partial charge in [0.05, 0.1) is 20.3 Å². The van der Waals surface area contributed by atoms with E-state index >= 15 is 4.39 Å². The largest absolute Gasteiger partial charge is 0.465 e. The zero-order valence-electron chi connectivity index (χ0n) is 17.1. The number of anilines is 2. The summed E-state index contributed by atoms with van der Waals surface area (Å²) in [6.07, 6.45) is -1.19. The normalized spacial score (nSPS) is 17.5. The minimum atomic E-state index is -2.01. The maximum atomic E-state index is 15.1. The molecule has 0 spiro atoms. The van der Waals surface area contributed by atoms with Crippen LogP contribution in [-0.4, -0.2) is 39.2 Å². The summed E-state index contributed by atoms with van der Waals surface area (Å²) in [5, 5.41) is 21.3. The molecule has 1 aliphatic rings. The first kappa shape index (κ1) is 21.3. The molecule has 33 heavy (non-hydrogen) atoms. The predicted octanol–water partition coefficient (Wildman–Crippen LogP) is 4.27. The number of H-pyrrole nitrogens is 1. The minimum absolute atomic E-state index is 0.0565. The van der Waals surface area contributed by atoms with Gasteiger partial charge in [0.15, 0.2) is 11.5 Å². The van der Waals surface area contributed by atoms with Crippen LogP contribution in [0.5, 0.6) is 0 Å². The standard InChI is InChI=1S/C23H16FIN4O4/c1-28(22(31)32)21-26-16-10-9-12(11-17(16)27-21)23(33)14-6-3-2-5-13(14)20(30)29(23)18-8-4-7-15(25)19(18)24/h2-11,33H,1H3,(H,26,27)(H,31,32). The number of rotatable bonds is 3. The SMILES string of the molecule is CN(C(=O)O)c1nc2cc(C3(O)c4ccccc4C(=O)N3c3cccc(I)c3F)ccc2[nH]1. The highest BCUT2D eigenvalue weighted by atomic mass is 127. The van der Waals surface area contributed by atoms with Crippen LogP contribution >= 0.6 is 22.6 Å². The molecular weight excluding hydrogens is 542 g/mol. The summed E-state index contributed by atoms with van der Waals surface area (Å²) in [6.45, 7) is 0. The highest BCUT2D eigenvalue weighted by Crippen LogP contribution is 2.46. The summed E-state index contributed by atoms with van der Waals surface area (Å²) >= 11 is 1.83. The second-order valence-electron chi connectivity index (χ2n) is 7.57. The molecular formula is C23H16FIN4O4. The average molecular weight is 558 g/mol. The van der Waals surface area contributed by atoms with Crippen LogP contribution in [0, 0.1) is 9.39 Å². The van der Waals surface area contributed by atoms with Gasteiger partial charge >= 0.3 is 6.09 Å². The van der Waals surface area contributed by atoms with Crippen molar-refractivity contribution >= 4 is 57.3 Å². The molecule has 2 heterocycles. The summed E-state index contributed by atoms with van der Waals surface area (Å²) in [5.41, 5.74) is -0.302. The third-order valence-corrected chi connectivity index (χ3v) is 6.54. The van der Waals surface area contributed by atoms with Crippen LogP contribution in [0.15, 0.2) is 60.7 Å². The molecule has 0 saturated heterocycles. The molecule has 0 radical (unpaired) electrons. The van der Waals surface area contributed by atoms with Crippen molar-refractivity contribution in [2.24, 2.45) is 0 Å². The molecule has 8 nitrogen and oxygen atoms in total. The molecule has 4 aromatic rings. The molecule has 2 amide bonds. The number of nitrogens with one attached hydrogen (secondary N) is 1. The lowest BCUT2D eigenvalue weighted by atomic mass is 9.93. The van der Waals surface area contributed by atoms with Gasteiger partial charge in [-0.15, -0.1) is 0 Å². The van der Waals surface area contributed by atoms with Crippen molar-refractivity contribution in [1.82, 2.24) is 9.97 Å². The van der Waals surface area contributed by atoms with Crippen molar-refractivity contribution in [2.45, 2.75) is 5.72 Å². The van der Waals surface area contributed by atoms with Gasteiger partial charge in [0, 0.05) is 23.7 Å². The second kappa shape index (κ2) is 7.52. The van der Waals surface area contributed by atoms with Gasteiger partial charge < -0.3 is 15.2 Å². The topological polar surface area (TPSA) is 110 Å². The van der Waals surface area contributed by atoms with Gasteiger partial charge in [0.2, 0.25) is 5.95 Å². The lowest BCUT2D eigenvalue weighted by Crippen LogP contribution is -2.45. The third kappa shape index (κ3) is 3.09. The van der Waals surface area contributed by atoms with Crippen LogP contribution in [0.1, 0.15) is 21.5 Å². The van der Waals surface area contributed by atoms with Gasteiger partial charge in [-0.05, 0) is 52.9 Å². The smallest absolute Gasteiger partial charge is 0.413 e. The van der Waals surface area contributed by atoms with E-state index in [-0.39, 0.29) is 22.8 Å². The van der Waals surface area contributed by atoms with Gasteiger partial charge in [-0.1, -0.05) is 30.3 Å². The Hall–Kier alpha value is -3.51. The quantitative estimate of drug-likeness (QED) is 0.326. The number of carboxylic acid groups (broad SMARTS) is 1. The fourth-order valence-corrected chi connectivity index (χ4v) is 4.54. The molecule has 0 bridgehead atoms. The molecule has 10 heteroatoms. The third-order valence-electron chi connectivity index (χ3n) is 5.71. The fraction of sp³-hybridized carbons (Fsp3) is 0.0870. The number of fused-ring (bicyclic) bond motifs is 2. The number of aromatic nitrogens is 2. The predicted molar refractivity (Wildman–Crippen MR) is 128 cm³/mol. The van der Waals surface area contributed by atoms with E-state index in [0.717, 1.165) is 9.80 Å². The number of aliphatic hydroxyl groups is 1. The van der Waals surface area contributed by atoms with Gasteiger partial charge in [0.1, 0.15) is 0 Å². The van der Waals surface area contributed by atoms with Crippen LogP contribution in [0.3, 0.4) is 0 Å². The number of carbonyl (C=O) groups excluding carboxylic acids is 1. The van der Waals surface area contributed by atoms with Gasteiger partial charge in [-0.2, -0.15) is 0 Å². The van der Waals surface area contributed by atoms with Crippen molar-refractivity contribution in [3.05, 3.63) is 86.7 Å². The zero-order chi connectivity index (χ0) is 23.5. The highest BCUT2D eigenvalue weighted by molar-refractivity contribution is 14.1. The lowest BCUT2D eigenvalue weighted by molar-refractivity contribution is 0.0699. The van der Waals surface area contributed by atoms with Crippen molar-refractivity contribution in [3.8, 4) is 0 Å². The van der Waals surface area contributed by atoms with Crippen molar-refractivity contribution < 1.29 is 24.2 Å². The summed E-state index contributed by atoms with van der Waals surface area (Å²) < 4.78 is 15.4. The molecule has 3 N–H and O–H groups in total. The van der Waals surface area contributed by atoms with E-state index in [1.54, 1.807) is 54.6 Å². The van der Waals surface area contributed by atoms with Crippen LogP contribution in [0.4, 0.5) is 20.8 Å². The maximum absolute atomic E-state index is 15.1. The Kier molecular flexibility index (Phi) is 4.87. The Labute approximate surface area is 200 Å². The lowest BCUT2D eigenvalue weighted by Gasteiger charge is -2.35. The summed E-state index contributed by atoms with van der Waals surface area (Å²) in [5.74, 6) is -1.06. The van der Waals surface area contributed by atoms with E-state index in [0.29, 0.717) is 20.2 Å². The molecule has 0 aliphatic carbocycles. The van der Waals surface area contributed by atoms with Crippen LogP contribution in [0.25, 0.3) is 11.0 Å². The minimum Gasteiger partial charge on any atom is -0.465 e. The molecule has 5 rings (SSSR count). The Balaban J connectivity index is 1.74. The van der Waals surface area contributed by atoms with Crippen molar-refractivity contribution in [3.63, 3.8) is 0 Å².